The molecule has 0 saturated heterocycles. The Morgan fingerprint density at radius 2 is 0.595 bits per heavy atom. The number of imide groups is 2. The molecule has 11 rings (SSSR count). The molecule has 372 valence electrons. The smallest absolute Gasteiger partial charge is 0.271 e. The molecule has 0 spiro atoms. The van der Waals surface area contributed by atoms with Crippen molar-refractivity contribution in [2.24, 2.45) is 0 Å². The van der Waals surface area contributed by atoms with Gasteiger partial charge in [0.25, 0.3) is 23.6 Å². The van der Waals surface area contributed by atoms with Gasteiger partial charge in [-0.3, -0.25) is 29.0 Å². The lowest BCUT2D eigenvalue weighted by Gasteiger charge is -2.37. The Kier molecular flexibility index (Phi) is 11.4. The van der Waals surface area contributed by atoms with E-state index < -0.39 is 59.2 Å². The van der Waals surface area contributed by atoms with Crippen LogP contribution in [-0.2, 0) is 12.4 Å². The van der Waals surface area contributed by atoms with E-state index in [4.69, 9.17) is 0 Å². The number of hydrogen-bond donors (Lipinski definition) is 0. The molecule has 0 radical (unpaired) electrons. The SMILES string of the molecule is CCC(CC)N1C(=O)c2c(-c3ccc(C)cc3)cc3c4cc(-c5ccc(C(F)(F)F)cc5)c5c6c(c(-c7ccc(C(F)(F)F)cc7)cc(c7cc(-c8ccc(C)cc8)c(c2c37)C1=O)c64)C(=O)N(C(CC)CC)C5=O. The van der Waals surface area contributed by atoms with E-state index in [1.54, 1.807) is 12.1 Å². The van der Waals surface area contributed by atoms with Crippen molar-refractivity contribution in [2.75, 3.05) is 0 Å². The maximum atomic E-state index is 15.6. The summed E-state index contributed by atoms with van der Waals surface area (Å²) in [6.45, 7) is 11.4. The minimum absolute atomic E-state index is 0.0535. The maximum absolute atomic E-state index is 15.6. The topological polar surface area (TPSA) is 74.8 Å². The van der Waals surface area contributed by atoms with Gasteiger partial charge in [0, 0.05) is 22.9 Å². The van der Waals surface area contributed by atoms with Crippen LogP contribution in [0.3, 0.4) is 0 Å². The second-order valence-electron chi connectivity index (χ2n) is 19.7. The van der Waals surface area contributed by atoms with E-state index in [0.717, 1.165) is 35.4 Å². The van der Waals surface area contributed by atoms with Crippen LogP contribution in [0.15, 0.2) is 121 Å². The summed E-state index contributed by atoms with van der Waals surface area (Å²) < 4.78 is 85.2. The van der Waals surface area contributed by atoms with E-state index in [1.165, 1.54) is 34.1 Å². The highest BCUT2D eigenvalue weighted by atomic mass is 19.4. The number of carbonyl (C=O) groups excluding carboxylic acids is 4. The van der Waals surface area contributed by atoms with Crippen molar-refractivity contribution in [3.05, 3.63) is 166 Å². The fourth-order valence-corrected chi connectivity index (χ4v) is 11.7. The molecule has 0 fully saturated rings. The van der Waals surface area contributed by atoms with Crippen molar-refractivity contribution in [1.29, 1.82) is 0 Å². The molecule has 0 aliphatic carbocycles. The van der Waals surface area contributed by atoms with Gasteiger partial charge in [-0.15, -0.1) is 0 Å². The van der Waals surface area contributed by atoms with E-state index in [2.05, 4.69) is 0 Å². The number of benzene rings is 9. The highest BCUT2D eigenvalue weighted by molar-refractivity contribution is 6.45. The van der Waals surface area contributed by atoms with Crippen LogP contribution in [0, 0.1) is 13.8 Å². The van der Waals surface area contributed by atoms with E-state index in [-0.39, 0.29) is 38.8 Å². The first-order valence-electron chi connectivity index (χ1n) is 24.9. The van der Waals surface area contributed by atoms with Crippen LogP contribution in [0.1, 0.15) is 117 Å². The second kappa shape index (κ2) is 17.4. The van der Waals surface area contributed by atoms with Crippen LogP contribution in [0.2, 0.25) is 0 Å². The summed E-state index contributed by atoms with van der Waals surface area (Å²) in [5, 5.41) is 3.62. The van der Waals surface area contributed by atoms with Crippen LogP contribution in [0.4, 0.5) is 26.3 Å². The van der Waals surface area contributed by atoms with Crippen molar-refractivity contribution in [3.8, 4) is 44.5 Å². The molecule has 12 heteroatoms. The van der Waals surface area contributed by atoms with E-state index >= 15 is 19.2 Å². The number of carbonyl (C=O) groups is 4. The average Bonchev–Trinajstić information content (AvgIpc) is 3.38. The van der Waals surface area contributed by atoms with Crippen LogP contribution in [0.25, 0.3) is 87.6 Å². The lowest BCUT2D eigenvalue weighted by Crippen LogP contribution is -2.47. The van der Waals surface area contributed by atoms with Crippen molar-refractivity contribution in [2.45, 2.75) is 91.7 Å². The van der Waals surface area contributed by atoms with Crippen molar-refractivity contribution >= 4 is 66.7 Å². The Labute approximate surface area is 422 Å². The van der Waals surface area contributed by atoms with Crippen molar-refractivity contribution < 1.29 is 45.5 Å². The largest absolute Gasteiger partial charge is 0.416 e. The third-order valence-electron chi connectivity index (χ3n) is 15.5. The molecule has 0 aromatic heterocycles. The van der Waals surface area contributed by atoms with Crippen molar-refractivity contribution in [3.63, 3.8) is 0 Å². The van der Waals surface area contributed by atoms with Gasteiger partial charge in [0.2, 0.25) is 0 Å². The maximum Gasteiger partial charge on any atom is 0.416 e. The number of alkyl halides is 6. The molecule has 9 aromatic carbocycles. The summed E-state index contributed by atoms with van der Waals surface area (Å²) in [5.41, 5.74) is 4.13. The monoisotopic (exact) mass is 998 g/mol. The Bertz CT molecular complexity index is 3600. The zero-order valence-electron chi connectivity index (χ0n) is 41.3. The molecule has 4 amide bonds. The number of rotatable bonds is 10. The molecular weight excluding hydrogens is 951 g/mol. The summed E-state index contributed by atoms with van der Waals surface area (Å²) in [5.74, 6) is -2.28. The summed E-state index contributed by atoms with van der Waals surface area (Å²) in [4.78, 5) is 64.8. The summed E-state index contributed by atoms with van der Waals surface area (Å²) in [6, 6.07) is 30.5. The number of fused-ring (bicyclic) bond motifs is 2. The van der Waals surface area contributed by atoms with Gasteiger partial charge in [-0.05, 0) is 165 Å². The Morgan fingerprint density at radius 1 is 0.365 bits per heavy atom. The first-order valence-corrected chi connectivity index (χ1v) is 24.9. The average molecular weight is 999 g/mol. The molecule has 9 aromatic rings. The molecule has 0 saturated carbocycles. The normalized spacial score (nSPS) is 14.2. The Hall–Kier alpha value is -7.86. The lowest BCUT2D eigenvalue weighted by molar-refractivity contribution is -0.138. The third kappa shape index (κ3) is 7.22. The Morgan fingerprint density at radius 3 is 0.811 bits per heavy atom. The summed E-state index contributed by atoms with van der Waals surface area (Å²) in [7, 11) is 0. The van der Waals surface area contributed by atoms with Gasteiger partial charge >= 0.3 is 12.4 Å². The molecule has 2 aliphatic heterocycles. The number of halogens is 6. The van der Waals surface area contributed by atoms with Crippen LogP contribution in [-0.4, -0.2) is 45.5 Å². The van der Waals surface area contributed by atoms with Gasteiger partial charge < -0.3 is 0 Å². The number of nitrogens with zero attached hydrogens (tertiary/aromatic N) is 2. The van der Waals surface area contributed by atoms with E-state index in [1.807, 2.05) is 102 Å². The minimum atomic E-state index is -4.68. The van der Waals surface area contributed by atoms with Gasteiger partial charge in [0.05, 0.1) is 33.4 Å². The lowest BCUT2D eigenvalue weighted by atomic mass is 9.75. The van der Waals surface area contributed by atoms with Gasteiger partial charge in [-0.25, -0.2) is 0 Å². The number of hydrogen-bond acceptors (Lipinski definition) is 4. The molecule has 0 unspecified atom stereocenters. The minimum Gasteiger partial charge on any atom is -0.271 e. The first-order chi connectivity index (χ1) is 35.3. The molecule has 2 aliphatic rings. The van der Waals surface area contributed by atoms with E-state index in [9.17, 15) is 26.3 Å². The fourth-order valence-electron chi connectivity index (χ4n) is 11.7. The van der Waals surface area contributed by atoms with Gasteiger partial charge in [0.15, 0.2) is 0 Å². The van der Waals surface area contributed by atoms with E-state index in [0.29, 0.717) is 96.8 Å². The fraction of sp³-hybridized carbons (Fsp3) is 0.226. The molecular formula is C62H48F6N2O4. The Balaban J connectivity index is 1.42. The van der Waals surface area contributed by atoms with Gasteiger partial charge in [-0.1, -0.05) is 112 Å². The molecule has 2 heterocycles. The first kappa shape index (κ1) is 48.4. The highest BCUT2D eigenvalue weighted by Gasteiger charge is 2.44. The van der Waals surface area contributed by atoms with Crippen molar-refractivity contribution in [1.82, 2.24) is 9.80 Å². The molecule has 0 atom stereocenters. The molecule has 74 heavy (non-hydrogen) atoms. The molecule has 0 N–H and O–H groups in total. The zero-order valence-corrected chi connectivity index (χ0v) is 41.3. The zero-order chi connectivity index (χ0) is 52.4. The number of aryl methyl sites for hydroxylation is 2. The third-order valence-corrected chi connectivity index (χ3v) is 15.5. The molecule has 0 bridgehead atoms. The van der Waals surface area contributed by atoms with Gasteiger partial charge in [0.1, 0.15) is 0 Å². The number of amides is 4. The molecule has 6 nitrogen and oxygen atoms in total. The van der Waals surface area contributed by atoms with Crippen LogP contribution < -0.4 is 0 Å². The summed E-state index contributed by atoms with van der Waals surface area (Å²) >= 11 is 0. The summed E-state index contributed by atoms with van der Waals surface area (Å²) in [6.07, 6.45) is -7.65. The highest BCUT2D eigenvalue weighted by Crippen LogP contribution is 2.54. The predicted molar refractivity (Wildman–Crippen MR) is 279 cm³/mol. The van der Waals surface area contributed by atoms with Gasteiger partial charge in [-0.2, -0.15) is 26.3 Å². The second-order valence-corrected chi connectivity index (χ2v) is 19.7. The predicted octanol–water partition coefficient (Wildman–Crippen LogP) is 16.6. The standard InChI is InChI=1S/C62H48F6N2O4/c1-7-39(8-2)69-57(71)51-41(33-15-11-31(5)12-16-33)27-45-47-29-43(35-19-23-37(24-20-35)61(63,64)65)53-56-50(47)48(46-28-42(34-17-13-32(6)14-18-34)52(58(69)72)55(51)49(45)46)30-44(36-21-25-38(26-22-36)62(66,67)68)54(56)60(74)70(59(53)73)40(9-3)10-4/h11-30,39-40H,7-10H2,1-6H3. The van der Waals surface area contributed by atoms with Crippen LogP contribution >= 0.6 is 0 Å². The van der Waals surface area contributed by atoms with Crippen LogP contribution in [0.5, 0.6) is 0 Å². The quantitative estimate of drug-likeness (QED) is 0.0592.